The van der Waals surface area contributed by atoms with Gasteiger partial charge in [0.15, 0.2) is 0 Å². The molecule has 1 unspecified atom stereocenters. The molecule has 0 aromatic carbocycles. The molecule has 0 bridgehead atoms. The Balaban J connectivity index is 1.23. The van der Waals surface area contributed by atoms with Crippen LogP contribution in [-0.2, 0) is 11.3 Å². The number of rotatable bonds is 5. The zero-order valence-electron chi connectivity index (χ0n) is 12.1. The molecule has 3 nitrogen and oxygen atoms in total. The molecule has 1 aliphatic heterocycles. The molecule has 2 aliphatic carbocycles. The van der Waals surface area contributed by atoms with Gasteiger partial charge in [-0.1, -0.05) is 0 Å². The molecule has 1 aromatic heterocycles. The molecule has 1 aromatic rings. The second-order valence-electron chi connectivity index (χ2n) is 6.83. The summed E-state index contributed by atoms with van der Waals surface area (Å²) in [5, 5.41) is 7.22. The van der Waals surface area contributed by atoms with Crippen LogP contribution in [0.5, 0.6) is 0 Å². The van der Waals surface area contributed by atoms with Crippen molar-refractivity contribution in [3.63, 3.8) is 0 Å². The molecular formula is C16H24N2OS. The average molecular weight is 292 g/mol. The number of ether oxygens (including phenoxy) is 1. The number of hydrogen-bond donors (Lipinski definition) is 1. The van der Waals surface area contributed by atoms with Gasteiger partial charge in [0.1, 0.15) is 0 Å². The summed E-state index contributed by atoms with van der Waals surface area (Å²) in [6.07, 6.45) is 9.14. The summed E-state index contributed by atoms with van der Waals surface area (Å²) in [6, 6.07) is 0. The Morgan fingerprint density at radius 3 is 3.00 bits per heavy atom. The van der Waals surface area contributed by atoms with Crippen molar-refractivity contribution < 1.29 is 4.74 Å². The second-order valence-corrected chi connectivity index (χ2v) is 7.72. The molecule has 3 aliphatic rings. The van der Waals surface area contributed by atoms with Gasteiger partial charge in [-0.2, -0.15) is 0 Å². The number of thiazole rings is 1. The molecule has 110 valence electrons. The van der Waals surface area contributed by atoms with E-state index < -0.39 is 0 Å². The van der Waals surface area contributed by atoms with E-state index in [2.05, 4.69) is 10.7 Å². The van der Waals surface area contributed by atoms with Gasteiger partial charge in [-0.15, -0.1) is 11.3 Å². The maximum atomic E-state index is 5.99. The van der Waals surface area contributed by atoms with Gasteiger partial charge < -0.3 is 10.1 Å². The zero-order valence-corrected chi connectivity index (χ0v) is 12.9. The lowest BCUT2D eigenvalue weighted by atomic mass is 9.72. The Bertz CT molecular complexity index is 465. The average Bonchev–Trinajstić information content (AvgIpc) is 3.18. The standard InChI is InChI=1S/C16H24N2OS/c1-5-16(6-1)8-12(4-7-19-16)9-17-10-14-11-20-15(18-14)13-2-3-13/h11-13,17H,1-10H2. The molecule has 1 spiro atoms. The topological polar surface area (TPSA) is 34.2 Å². The molecule has 4 rings (SSSR count). The first-order valence-corrected chi connectivity index (χ1v) is 9.00. The Labute approximate surface area is 125 Å². The third-order valence-electron chi connectivity index (χ3n) is 5.10. The summed E-state index contributed by atoms with van der Waals surface area (Å²) in [4.78, 5) is 4.74. The molecule has 1 saturated heterocycles. The Kier molecular flexibility index (Phi) is 3.57. The van der Waals surface area contributed by atoms with E-state index in [9.17, 15) is 0 Å². The van der Waals surface area contributed by atoms with Gasteiger partial charge in [0.2, 0.25) is 0 Å². The highest BCUT2D eigenvalue weighted by atomic mass is 32.1. The van der Waals surface area contributed by atoms with E-state index in [1.165, 1.54) is 55.6 Å². The quantitative estimate of drug-likeness (QED) is 0.902. The molecule has 0 amide bonds. The Hall–Kier alpha value is -0.450. The molecule has 1 N–H and O–H groups in total. The van der Waals surface area contributed by atoms with Crippen LogP contribution in [0.3, 0.4) is 0 Å². The number of nitrogens with zero attached hydrogens (tertiary/aromatic N) is 1. The maximum absolute atomic E-state index is 5.99. The fourth-order valence-electron chi connectivity index (χ4n) is 3.55. The highest BCUT2D eigenvalue weighted by molar-refractivity contribution is 7.09. The van der Waals surface area contributed by atoms with Crippen LogP contribution in [0.2, 0.25) is 0 Å². The molecule has 0 radical (unpaired) electrons. The van der Waals surface area contributed by atoms with Crippen molar-refractivity contribution in [2.24, 2.45) is 5.92 Å². The van der Waals surface area contributed by atoms with Crippen LogP contribution in [0.25, 0.3) is 0 Å². The van der Waals surface area contributed by atoms with Gasteiger partial charge in [0.25, 0.3) is 0 Å². The van der Waals surface area contributed by atoms with Crippen LogP contribution in [-0.4, -0.2) is 23.7 Å². The SMILES string of the molecule is c1sc(C2CC2)nc1CNCC1CCOC2(CCC2)C1. The van der Waals surface area contributed by atoms with Crippen LogP contribution in [0, 0.1) is 5.92 Å². The van der Waals surface area contributed by atoms with E-state index in [0.717, 1.165) is 31.5 Å². The Morgan fingerprint density at radius 2 is 2.25 bits per heavy atom. The molecule has 2 heterocycles. The van der Waals surface area contributed by atoms with Crippen LogP contribution in [0.1, 0.15) is 61.6 Å². The first-order chi connectivity index (χ1) is 9.83. The minimum Gasteiger partial charge on any atom is -0.375 e. The second kappa shape index (κ2) is 5.39. The lowest BCUT2D eigenvalue weighted by molar-refractivity contribution is -0.142. The molecule has 3 fully saturated rings. The lowest BCUT2D eigenvalue weighted by Crippen LogP contribution is -2.47. The van der Waals surface area contributed by atoms with Gasteiger partial charge in [-0.3, -0.25) is 0 Å². The van der Waals surface area contributed by atoms with Gasteiger partial charge in [-0.05, 0) is 57.4 Å². The highest BCUT2D eigenvalue weighted by Crippen LogP contribution is 2.44. The van der Waals surface area contributed by atoms with Crippen LogP contribution >= 0.6 is 11.3 Å². The van der Waals surface area contributed by atoms with Gasteiger partial charge in [0.05, 0.1) is 16.3 Å². The molecular weight excluding hydrogens is 268 g/mol. The normalized spacial score (nSPS) is 28.5. The minimum atomic E-state index is 0.282. The van der Waals surface area contributed by atoms with Crippen molar-refractivity contribution in [1.82, 2.24) is 10.3 Å². The predicted molar refractivity (Wildman–Crippen MR) is 81.1 cm³/mol. The van der Waals surface area contributed by atoms with Gasteiger partial charge >= 0.3 is 0 Å². The van der Waals surface area contributed by atoms with E-state index in [0.29, 0.717) is 0 Å². The van der Waals surface area contributed by atoms with Gasteiger partial charge in [-0.25, -0.2) is 4.98 Å². The van der Waals surface area contributed by atoms with E-state index in [1.807, 2.05) is 11.3 Å². The molecule has 4 heteroatoms. The van der Waals surface area contributed by atoms with Crippen molar-refractivity contribution in [2.45, 2.75) is 63.0 Å². The smallest absolute Gasteiger partial charge is 0.0959 e. The summed E-state index contributed by atoms with van der Waals surface area (Å²) >= 11 is 1.85. The summed E-state index contributed by atoms with van der Waals surface area (Å²) < 4.78 is 5.99. The first kappa shape index (κ1) is 13.2. The van der Waals surface area contributed by atoms with E-state index in [4.69, 9.17) is 9.72 Å². The largest absolute Gasteiger partial charge is 0.375 e. The fourth-order valence-corrected chi connectivity index (χ4v) is 4.54. The Morgan fingerprint density at radius 1 is 1.35 bits per heavy atom. The first-order valence-electron chi connectivity index (χ1n) is 8.12. The third-order valence-corrected chi connectivity index (χ3v) is 6.15. The third kappa shape index (κ3) is 2.78. The zero-order chi connectivity index (χ0) is 13.4. The minimum absolute atomic E-state index is 0.282. The van der Waals surface area contributed by atoms with Crippen LogP contribution in [0.4, 0.5) is 0 Å². The van der Waals surface area contributed by atoms with E-state index in [1.54, 1.807) is 0 Å². The summed E-state index contributed by atoms with van der Waals surface area (Å²) in [7, 11) is 0. The molecule has 20 heavy (non-hydrogen) atoms. The van der Waals surface area contributed by atoms with Crippen LogP contribution < -0.4 is 5.32 Å². The number of hydrogen-bond acceptors (Lipinski definition) is 4. The fraction of sp³-hybridized carbons (Fsp3) is 0.812. The molecule has 1 atom stereocenters. The highest BCUT2D eigenvalue weighted by Gasteiger charge is 2.42. The maximum Gasteiger partial charge on any atom is 0.0959 e. The van der Waals surface area contributed by atoms with Crippen molar-refractivity contribution in [1.29, 1.82) is 0 Å². The van der Waals surface area contributed by atoms with Crippen molar-refractivity contribution in [2.75, 3.05) is 13.2 Å². The summed E-state index contributed by atoms with van der Waals surface area (Å²) in [6.45, 7) is 3.03. The molecule has 2 saturated carbocycles. The van der Waals surface area contributed by atoms with Gasteiger partial charge in [0, 0.05) is 24.4 Å². The van der Waals surface area contributed by atoms with E-state index in [-0.39, 0.29) is 5.60 Å². The van der Waals surface area contributed by atoms with Crippen molar-refractivity contribution in [3.8, 4) is 0 Å². The van der Waals surface area contributed by atoms with E-state index >= 15 is 0 Å². The lowest BCUT2D eigenvalue weighted by Gasteiger charge is -2.47. The monoisotopic (exact) mass is 292 g/mol. The summed E-state index contributed by atoms with van der Waals surface area (Å²) in [5.41, 5.74) is 1.52. The summed E-state index contributed by atoms with van der Waals surface area (Å²) in [5.74, 6) is 1.59. The number of aromatic nitrogens is 1. The number of nitrogens with one attached hydrogen (secondary N) is 1. The van der Waals surface area contributed by atoms with Crippen molar-refractivity contribution in [3.05, 3.63) is 16.1 Å². The van der Waals surface area contributed by atoms with Crippen LogP contribution in [0.15, 0.2) is 5.38 Å². The van der Waals surface area contributed by atoms with Crippen molar-refractivity contribution >= 4 is 11.3 Å². The predicted octanol–water partition coefficient (Wildman–Crippen LogP) is 3.46.